The molecule has 12 nitrogen and oxygen atoms in total. The Hall–Kier alpha value is -2.19. The predicted molar refractivity (Wildman–Crippen MR) is 203 cm³/mol. The molecule has 1 amide bonds. The average molecular weight is 764 g/mol. The maximum Gasteiger partial charge on any atom is 0.329 e. The molecule has 4 aliphatic rings. The van der Waals surface area contributed by atoms with Crippen LogP contribution in [0.5, 0.6) is 0 Å². The first-order valence-corrected chi connectivity index (χ1v) is 20.3. The molecule has 3 aliphatic heterocycles. The topological polar surface area (TPSA) is 161 Å². The van der Waals surface area contributed by atoms with Gasteiger partial charge in [0.05, 0.1) is 30.5 Å². The summed E-state index contributed by atoms with van der Waals surface area (Å²) in [5, 5.41) is 34.2. The number of carbonyl (C=O) groups excluding carboxylic acids is 3. The number of methoxy groups -OCH3 is 3. The van der Waals surface area contributed by atoms with Gasteiger partial charge < -0.3 is 43.9 Å². The van der Waals surface area contributed by atoms with Crippen LogP contribution in [0.3, 0.4) is 0 Å². The molecular weight excluding hydrogens is 694 g/mol. The van der Waals surface area contributed by atoms with Crippen LogP contribution in [0.15, 0.2) is 23.3 Å². The zero-order valence-electron chi connectivity index (χ0n) is 34.2. The highest BCUT2D eigenvalue weighted by Gasteiger charge is 2.56. The minimum absolute atomic E-state index is 0.0706. The molecule has 0 aromatic carbocycles. The van der Waals surface area contributed by atoms with Crippen LogP contribution in [0.25, 0.3) is 0 Å². The number of hydrogen-bond donors (Lipinski definition) is 3. The lowest BCUT2D eigenvalue weighted by atomic mass is 9.81. The highest BCUT2D eigenvalue weighted by atomic mass is 16.7. The molecule has 0 radical (unpaired) electrons. The van der Waals surface area contributed by atoms with Crippen LogP contribution in [0, 0.1) is 29.6 Å². The van der Waals surface area contributed by atoms with E-state index in [2.05, 4.69) is 32.9 Å². The van der Waals surface area contributed by atoms with E-state index < -0.39 is 77.9 Å². The van der Waals surface area contributed by atoms with Crippen molar-refractivity contribution in [1.82, 2.24) is 4.90 Å². The van der Waals surface area contributed by atoms with Crippen molar-refractivity contribution in [2.75, 3.05) is 27.9 Å². The van der Waals surface area contributed by atoms with Crippen LogP contribution in [0.2, 0.25) is 0 Å². The minimum Gasteiger partial charge on any atom is -0.456 e. The molecule has 3 heterocycles. The molecular formula is C42H69NO11. The van der Waals surface area contributed by atoms with Crippen molar-refractivity contribution in [1.29, 1.82) is 0 Å². The quantitative estimate of drug-likeness (QED) is 0.192. The molecule has 2 bridgehead atoms. The number of ketones is 1. The zero-order valence-corrected chi connectivity index (χ0v) is 34.2. The number of fused-ring (bicyclic) bond motifs is 3. The lowest BCUT2D eigenvalue weighted by Gasteiger charge is -2.47. The van der Waals surface area contributed by atoms with E-state index in [9.17, 15) is 29.7 Å². The normalized spacial score (nSPS) is 42.4. The van der Waals surface area contributed by atoms with Gasteiger partial charge in [0.1, 0.15) is 18.2 Å². The third-order valence-electron chi connectivity index (χ3n) is 12.7. The monoisotopic (exact) mass is 763 g/mol. The van der Waals surface area contributed by atoms with Gasteiger partial charge in [0.15, 0.2) is 0 Å². The minimum atomic E-state index is -2.46. The van der Waals surface area contributed by atoms with Crippen molar-refractivity contribution in [3.8, 4) is 0 Å². The molecule has 0 aromatic heterocycles. The van der Waals surface area contributed by atoms with Gasteiger partial charge in [-0.3, -0.25) is 9.59 Å². The molecule has 54 heavy (non-hydrogen) atoms. The smallest absolute Gasteiger partial charge is 0.329 e. The van der Waals surface area contributed by atoms with Crippen molar-refractivity contribution in [2.45, 2.75) is 167 Å². The van der Waals surface area contributed by atoms with Crippen molar-refractivity contribution in [3.63, 3.8) is 0 Å². The van der Waals surface area contributed by atoms with Crippen LogP contribution >= 0.6 is 0 Å². The fraction of sp³-hybridized carbons (Fsp3) is 0.833. The number of ether oxygens (including phenoxy) is 5. The molecule has 1 saturated carbocycles. The van der Waals surface area contributed by atoms with Gasteiger partial charge in [-0.05, 0) is 108 Å². The van der Waals surface area contributed by atoms with Gasteiger partial charge in [-0.25, -0.2) is 4.79 Å². The molecule has 2 saturated heterocycles. The number of rotatable bonds is 6. The molecule has 0 spiro atoms. The first-order chi connectivity index (χ1) is 25.6. The maximum atomic E-state index is 14.3. The molecule has 0 aromatic rings. The number of nitrogens with zero attached hydrogens (tertiary/aromatic N) is 1. The average Bonchev–Trinajstić information content (AvgIpc) is 3.15. The van der Waals surface area contributed by atoms with Crippen LogP contribution < -0.4 is 0 Å². The molecule has 308 valence electrons. The highest BCUT2D eigenvalue weighted by Crippen LogP contribution is 2.39. The SMILES string of the molecule is CC[C@@H]1/C=C(/C)C[C@H](C)C[C@H](OC)[C@H]2O[C@@](O)(C(=O)C(=O)N3CCCC[C@H]3C(=O)O[C@H](/C(C)=C/[C@@H]3CC[C@@H](O)[C@H](OC)C3)[C@H](C)C(O)C1)[C@H](C)C[C@@H]2OC. The molecule has 3 fully saturated rings. The fourth-order valence-electron chi connectivity index (χ4n) is 9.35. The van der Waals surface area contributed by atoms with Gasteiger partial charge in [0.25, 0.3) is 11.7 Å². The number of cyclic esters (lactones) is 1. The Balaban J connectivity index is 1.75. The third kappa shape index (κ3) is 10.4. The third-order valence-corrected chi connectivity index (χ3v) is 12.7. The van der Waals surface area contributed by atoms with Gasteiger partial charge in [-0.1, -0.05) is 45.4 Å². The number of aliphatic hydroxyl groups is 3. The van der Waals surface area contributed by atoms with Gasteiger partial charge in [-0.2, -0.15) is 0 Å². The van der Waals surface area contributed by atoms with Gasteiger partial charge in [0.2, 0.25) is 5.79 Å². The van der Waals surface area contributed by atoms with Gasteiger partial charge in [-0.15, -0.1) is 0 Å². The number of Topliss-reactive ketones (excluding diaryl/α,β-unsaturated/α-hetero) is 1. The molecule has 3 N–H and O–H groups in total. The lowest BCUT2D eigenvalue weighted by molar-refractivity contribution is -0.302. The van der Waals surface area contributed by atoms with Crippen molar-refractivity contribution in [3.05, 3.63) is 23.3 Å². The Morgan fingerprint density at radius 2 is 1.59 bits per heavy atom. The zero-order chi connectivity index (χ0) is 39.9. The van der Waals surface area contributed by atoms with E-state index in [1.54, 1.807) is 28.3 Å². The number of aliphatic hydroxyl groups excluding tert-OH is 2. The summed E-state index contributed by atoms with van der Waals surface area (Å²) in [6.07, 6.45) is 6.24. The molecule has 4 rings (SSSR count). The van der Waals surface area contributed by atoms with E-state index in [1.807, 2.05) is 13.8 Å². The maximum absolute atomic E-state index is 14.3. The fourth-order valence-corrected chi connectivity index (χ4v) is 9.35. The van der Waals surface area contributed by atoms with Crippen LogP contribution in [-0.4, -0.2) is 120 Å². The number of carbonyl (C=O) groups is 3. The Labute approximate surface area is 322 Å². The first-order valence-electron chi connectivity index (χ1n) is 20.3. The largest absolute Gasteiger partial charge is 0.456 e. The number of allylic oxidation sites excluding steroid dienone is 3. The number of piperidine rings is 1. The Kier molecular flexibility index (Phi) is 16.3. The van der Waals surface area contributed by atoms with Crippen LogP contribution in [0.4, 0.5) is 0 Å². The summed E-state index contributed by atoms with van der Waals surface area (Å²) in [6, 6.07) is -1.06. The Morgan fingerprint density at radius 3 is 2.24 bits per heavy atom. The Bertz CT molecular complexity index is 1330. The van der Waals surface area contributed by atoms with E-state index in [1.165, 1.54) is 10.5 Å². The van der Waals surface area contributed by atoms with Gasteiger partial charge >= 0.3 is 5.97 Å². The van der Waals surface area contributed by atoms with Crippen LogP contribution in [-0.2, 0) is 38.1 Å². The molecule has 14 atom stereocenters. The highest BCUT2D eigenvalue weighted by molar-refractivity contribution is 6.39. The van der Waals surface area contributed by atoms with E-state index in [0.717, 1.165) is 24.8 Å². The van der Waals surface area contributed by atoms with E-state index in [0.29, 0.717) is 38.5 Å². The summed E-state index contributed by atoms with van der Waals surface area (Å²) in [5.41, 5.74) is 1.94. The second-order valence-electron chi connectivity index (χ2n) is 16.9. The standard InChI is InChI=1S/C42H69NO11/c1-10-29-18-24(2)17-25(3)19-35(51-8)38-36(52-9)21-27(5)42(49,54-38)39(46)40(47)43-16-12-11-13-31(43)41(48)53-37(28(6)33(45)22-29)26(4)20-30-14-15-32(44)34(23-30)50-7/h18,20,25,27-38,44-45,49H,10-17,19,21-23H2,1-9H3/b24-18-,26-20+/t25-,27+,28+,29+,30-,31-,32+,33?,34+,35-,36-,37+,38+,42+/m0/s1. The molecule has 1 aliphatic carbocycles. The second kappa shape index (κ2) is 19.8. The Morgan fingerprint density at radius 1 is 0.926 bits per heavy atom. The van der Waals surface area contributed by atoms with Crippen molar-refractivity contribution >= 4 is 17.7 Å². The number of esters is 1. The number of amides is 1. The first kappa shape index (κ1) is 44.5. The van der Waals surface area contributed by atoms with E-state index >= 15 is 0 Å². The summed E-state index contributed by atoms with van der Waals surface area (Å²) in [7, 11) is 4.72. The number of hydrogen-bond acceptors (Lipinski definition) is 11. The summed E-state index contributed by atoms with van der Waals surface area (Å²) in [6.45, 7) is 11.9. The van der Waals surface area contributed by atoms with E-state index in [-0.39, 0.29) is 43.2 Å². The lowest BCUT2D eigenvalue weighted by Crippen LogP contribution is -2.64. The molecule has 12 heteroatoms. The summed E-state index contributed by atoms with van der Waals surface area (Å²) >= 11 is 0. The molecule has 1 unspecified atom stereocenters. The summed E-state index contributed by atoms with van der Waals surface area (Å²) in [4.78, 5) is 43.8. The predicted octanol–water partition coefficient (Wildman–Crippen LogP) is 4.90. The second-order valence-corrected chi connectivity index (χ2v) is 16.9. The van der Waals surface area contributed by atoms with Crippen molar-refractivity contribution < 1.29 is 53.4 Å². The van der Waals surface area contributed by atoms with Crippen molar-refractivity contribution in [2.24, 2.45) is 29.6 Å². The summed E-state index contributed by atoms with van der Waals surface area (Å²) in [5.74, 6) is -6.23. The van der Waals surface area contributed by atoms with E-state index in [4.69, 9.17) is 23.7 Å². The van der Waals surface area contributed by atoms with Crippen LogP contribution in [0.1, 0.15) is 112 Å². The summed E-state index contributed by atoms with van der Waals surface area (Å²) < 4.78 is 29.9. The van der Waals surface area contributed by atoms with Gasteiger partial charge in [0, 0.05) is 39.7 Å².